The highest BCUT2D eigenvalue weighted by atomic mass is 79.9. The van der Waals surface area contributed by atoms with Crippen LogP contribution in [0.5, 0.6) is 5.75 Å². The number of benzene rings is 3. The maximum atomic E-state index is 12.5. The number of fused-ring (bicyclic) bond motifs is 1. The number of para-hydroxylation sites is 1. The summed E-state index contributed by atoms with van der Waals surface area (Å²) < 4.78 is 5.91. The average Bonchev–Trinajstić information content (AvgIpc) is 3.12. The quantitative estimate of drug-likeness (QED) is 0.527. The van der Waals surface area contributed by atoms with Crippen molar-refractivity contribution in [2.45, 2.75) is 0 Å². The fourth-order valence-corrected chi connectivity index (χ4v) is 3.22. The minimum Gasteiger partial charge on any atom is -0.496 e. The predicted octanol–water partition coefficient (Wildman–Crippen LogP) is 4.44. The Hall–Kier alpha value is -3.19. The van der Waals surface area contributed by atoms with E-state index < -0.39 is 0 Å². The summed E-state index contributed by atoms with van der Waals surface area (Å²) in [6, 6.07) is 20.3. The topological polar surface area (TPSA) is 69.0 Å². The lowest BCUT2D eigenvalue weighted by atomic mass is 10.2. The first kappa shape index (κ1) is 17.2. The largest absolute Gasteiger partial charge is 0.496 e. The summed E-state index contributed by atoms with van der Waals surface area (Å²) in [7, 11) is 1.58. The van der Waals surface area contributed by atoms with Crippen molar-refractivity contribution in [1.82, 2.24) is 15.0 Å². The second-order valence-corrected chi connectivity index (χ2v) is 6.69. The van der Waals surface area contributed by atoms with E-state index in [4.69, 9.17) is 4.74 Å². The maximum Gasteiger partial charge on any atom is 0.255 e. The molecule has 1 amide bonds. The molecule has 27 heavy (non-hydrogen) atoms. The maximum absolute atomic E-state index is 12.5. The number of aromatic nitrogens is 3. The molecule has 0 atom stereocenters. The van der Waals surface area contributed by atoms with Crippen molar-refractivity contribution < 1.29 is 9.53 Å². The van der Waals surface area contributed by atoms with Crippen molar-refractivity contribution in [3.63, 3.8) is 0 Å². The van der Waals surface area contributed by atoms with Crippen molar-refractivity contribution in [3.05, 3.63) is 76.8 Å². The van der Waals surface area contributed by atoms with Gasteiger partial charge in [-0.2, -0.15) is 4.80 Å². The van der Waals surface area contributed by atoms with Gasteiger partial charge in [-0.3, -0.25) is 4.79 Å². The van der Waals surface area contributed by atoms with Crippen molar-refractivity contribution in [2.24, 2.45) is 0 Å². The minimum atomic E-state index is -0.215. The number of nitrogens with one attached hydrogen (secondary N) is 1. The van der Waals surface area contributed by atoms with Crippen molar-refractivity contribution >= 4 is 38.6 Å². The van der Waals surface area contributed by atoms with Gasteiger partial charge in [0.25, 0.3) is 5.91 Å². The standard InChI is InChI=1S/C20H15BrN4O2/c1-27-19-10-7-13(11-16(19)21)20(26)22-14-8-9-17-18(12-14)24-25(23-17)15-5-3-2-4-6-15/h2-12H,1H3,(H,22,26). The van der Waals surface area contributed by atoms with Crippen LogP contribution in [-0.2, 0) is 0 Å². The molecule has 0 spiro atoms. The summed E-state index contributed by atoms with van der Waals surface area (Å²) in [4.78, 5) is 14.1. The zero-order valence-electron chi connectivity index (χ0n) is 14.4. The molecule has 0 fully saturated rings. The van der Waals surface area contributed by atoms with Crippen LogP contribution in [0.3, 0.4) is 0 Å². The van der Waals surface area contributed by atoms with E-state index in [1.807, 2.05) is 42.5 Å². The van der Waals surface area contributed by atoms with Crippen LogP contribution >= 0.6 is 15.9 Å². The molecule has 4 rings (SSSR count). The molecule has 6 nitrogen and oxygen atoms in total. The number of hydrogen-bond donors (Lipinski definition) is 1. The van der Waals surface area contributed by atoms with Gasteiger partial charge in [0.05, 0.1) is 17.3 Å². The average molecular weight is 423 g/mol. The number of halogens is 1. The van der Waals surface area contributed by atoms with Gasteiger partial charge in [0.2, 0.25) is 0 Å². The number of nitrogens with zero attached hydrogens (tertiary/aromatic N) is 3. The summed E-state index contributed by atoms with van der Waals surface area (Å²) in [6.45, 7) is 0. The summed E-state index contributed by atoms with van der Waals surface area (Å²) in [5.41, 5.74) is 3.51. The first-order valence-corrected chi connectivity index (χ1v) is 9.01. The highest BCUT2D eigenvalue weighted by Gasteiger charge is 2.11. The molecule has 0 radical (unpaired) electrons. The lowest BCUT2D eigenvalue weighted by molar-refractivity contribution is 0.102. The molecule has 7 heteroatoms. The molecule has 0 bridgehead atoms. The van der Waals surface area contributed by atoms with Crippen LogP contribution in [0.1, 0.15) is 10.4 Å². The van der Waals surface area contributed by atoms with Crippen molar-refractivity contribution in [1.29, 1.82) is 0 Å². The number of carbonyl (C=O) groups excluding carboxylic acids is 1. The van der Waals surface area contributed by atoms with E-state index in [0.717, 1.165) is 15.7 Å². The first-order chi connectivity index (χ1) is 13.1. The van der Waals surface area contributed by atoms with Crippen LogP contribution in [0.4, 0.5) is 5.69 Å². The second-order valence-electron chi connectivity index (χ2n) is 5.83. The van der Waals surface area contributed by atoms with E-state index in [9.17, 15) is 4.79 Å². The van der Waals surface area contributed by atoms with Gasteiger partial charge in [-0.05, 0) is 64.5 Å². The van der Waals surface area contributed by atoms with E-state index in [-0.39, 0.29) is 5.91 Å². The molecule has 3 aromatic carbocycles. The molecule has 4 aromatic rings. The van der Waals surface area contributed by atoms with Gasteiger partial charge in [0.1, 0.15) is 16.8 Å². The fourth-order valence-electron chi connectivity index (χ4n) is 2.68. The smallest absolute Gasteiger partial charge is 0.255 e. The molecule has 0 saturated heterocycles. The summed E-state index contributed by atoms with van der Waals surface area (Å²) in [5, 5.41) is 11.8. The van der Waals surface area contributed by atoms with Gasteiger partial charge < -0.3 is 10.1 Å². The molecule has 1 aromatic heterocycles. The number of amides is 1. The number of methoxy groups -OCH3 is 1. The van der Waals surface area contributed by atoms with E-state index in [1.54, 1.807) is 36.2 Å². The van der Waals surface area contributed by atoms with Gasteiger partial charge >= 0.3 is 0 Å². The van der Waals surface area contributed by atoms with E-state index >= 15 is 0 Å². The fraction of sp³-hybridized carbons (Fsp3) is 0.0500. The third-order valence-corrected chi connectivity index (χ3v) is 4.66. The Morgan fingerprint density at radius 2 is 1.78 bits per heavy atom. The van der Waals surface area contributed by atoms with E-state index in [2.05, 4.69) is 31.4 Å². The summed E-state index contributed by atoms with van der Waals surface area (Å²) in [6.07, 6.45) is 0. The second kappa shape index (κ2) is 7.20. The highest BCUT2D eigenvalue weighted by Crippen LogP contribution is 2.26. The summed E-state index contributed by atoms with van der Waals surface area (Å²) in [5.74, 6) is 0.457. The highest BCUT2D eigenvalue weighted by molar-refractivity contribution is 9.10. The zero-order valence-corrected chi connectivity index (χ0v) is 16.0. The molecular formula is C20H15BrN4O2. The van der Waals surface area contributed by atoms with E-state index in [0.29, 0.717) is 22.5 Å². The van der Waals surface area contributed by atoms with Gasteiger partial charge in [-0.15, -0.1) is 10.2 Å². The number of anilines is 1. The van der Waals surface area contributed by atoms with Gasteiger partial charge in [0.15, 0.2) is 0 Å². The number of hydrogen-bond acceptors (Lipinski definition) is 4. The Labute approximate surface area is 163 Å². The third-order valence-electron chi connectivity index (χ3n) is 4.04. The van der Waals surface area contributed by atoms with Crippen LogP contribution in [-0.4, -0.2) is 28.0 Å². The van der Waals surface area contributed by atoms with Crippen LogP contribution in [0.25, 0.3) is 16.7 Å². The molecule has 0 aliphatic carbocycles. The Morgan fingerprint density at radius 1 is 1.00 bits per heavy atom. The monoisotopic (exact) mass is 422 g/mol. The van der Waals surface area contributed by atoms with E-state index in [1.165, 1.54) is 0 Å². The zero-order chi connectivity index (χ0) is 18.8. The van der Waals surface area contributed by atoms with Crippen molar-refractivity contribution in [3.8, 4) is 11.4 Å². The van der Waals surface area contributed by atoms with Crippen molar-refractivity contribution in [2.75, 3.05) is 12.4 Å². The molecule has 134 valence electrons. The van der Waals surface area contributed by atoms with Crippen LogP contribution in [0.2, 0.25) is 0 Å². The third kappa shape index (κ3) is 3.54. The number of rotatable bonds is 4. The van der Waals surface area contributed by atoms with Crippen LogP contribution < -0.4 is 10.1 Å². The Balaban J connectivity index is 1.59. The molecule has 1 heterocycles. The lowest BCUT2D eigenvalue weighted by Crippen LogP contribution is -2.11. The molecule has 1 N–H and O–H groups in total. The molecule has 0 saturated carbocycles. The first-order valence-electron chi connectivity index (χ1n) is 8.21. The number of ether oxygens (including phenoxy) is 1. The SMILES string of the molecule is COc1ccc(C(=O)Nc2ccc3nn(-c4ccccc4)nc3c2)cc1Br. The van der Waals surface area contributed by atoms with Gasteiger partial charge in [-0.25, -0.2) is 0 Å². The van der Waals surface area contributed by atoms with Crippen LogP contribution in [0.15, 0.2) is 71.2 Å². The predicted molar refractivity (Wildman–Crippen MR) is 108 cm³/mol. The van der Waals surface area contributed by atoms with Gasteiger partial charge in [0, 0.05) is 11.3 Å². The Morgan fingerprint density at radius 3 is 2.52 bits per heavy atom. The normalized spacial score (nSPS) is 10.7. The molecule has 0 aliphatic heterocycles. The molecular weight excluding hydrogens is 408 g/mol. The van der Waals surface area contributed by atoms with Gasteiger partial charge in [-0.1, -0.05) is 18.2 Å². The molecule has 0 aliphatic rings. The number of carbonyl (C=O) groups is 1. The van der Waals surface area contributed by atoms with Crippen LogP contribution in [0, 0.1) is 0 Å². The lowest BCUT2D eigenvalue weighted by Gasteiger charge is -2.07. The molecule has 0 unspecified atom stereocenters. The summed E-state index contributed by atoms with van der Waals surface area (Å²) >= 11 is 3.39. The Kier molecular flexibility index (Phi) is 4.60. The minimum absolute atomic E-state index is 0.215. The Bertz CT molecular complexity index is 1130.